The summed E-state index contributed by atoms with van der Waals surface area (Å²) in [7, 11) is 0. The Balaban J connectivity index is 2.64. The molecule has 1 aliphatic rings. The fraction of sp³-hybridized carbons (Fsp3) is 0.700. The molecule has 0 aromatic heterocycles. The second-order valence-corrected chi connectivity index (χ2v) is 4.08. The summed E-state index contributed by atoms with van der Waals surface area (Å²) in [6.07, 6.45) is -0.379. The first-order valence-electron chi connectivity index (χ1n) is 5.64. The number of rotatable bonds is 3. The van der Waals surface area contributed by atoms with Crippen LogP contribution in [0.15, 0.2) is 0 Å². The Morgan fingerprint density at radius 2 is 2.11 bits per heavy atom. The molecule has 1 rings (SSSR count). The Hall–Kier alpha value is -1.99. The van der Waals surface area contributed by atoms with Crippen molar-refractivity contribution in [3.8, 4) is 0 Å². The van der Waals surface area contributed by atoms with Gasteiger partial charge in [0.1, 0.15) is 0 Å². The van der Waals surface area contributed by atoms with E-state index in [1.165, 1.54) is 4.90 Å². The van der Waals surface area contributed by atoms with E-state index in [4.69, 9.17) is 15.6 Å². The van der Waals surface area contributed by atoms with Gasteiger partial charge in [-0.25, -0.2) is 9.59 Å². The van der Waals surface area contributed by atoms with Crippen molar-refractivity contribution in [1.82, 2.24) is 10.2 Å². The Labute approximate surface area is 104 Å². The summed E-state index contributed by atoms with van der Waals surface area (Å²) in [6, 6.07) is -1.16. The molecule has 2 atom stereocenters. The summed E-state index contributed by atoms with van der Waals surface area (Å²) in [5.74, 6) is -1.75. The Kier molecular flexibility index (Phi) is 4.75. The molecular formula is C10H17N3O5. The smallest absolute Gasteiger partial charge is 0.407 e. The fourth-order valence-corrected chi connectivity index (χ4v) is 1.90. The molecule has 0 spiro atoms. The van der Waals surface area contributed by atoms with Gasteiger partial charge in [-0.3, -0.25) is 4.79 Å². The number of carbonyl (C=O) groups excluding carboxylic acids is 2. The molecule has 8 heteroatoms. The molecule has 18 heavy (non-hydrogen) atoms. The highest BCUT2D eigenvalue weighted by atomic mass is 16.5. The zero-order valence-corrected chi connectivity index (χ0v) is 10.1. The molecule has 4 N–H and O–H groups in total. The first-order chi connectivity index (χ1) is 8.43. The number of alkyl carbamates (subject to hydrolysis) is 1. The molecule has 2 unspecified atom stereocenters. The Morgan fingerprint density at radius 1 is 1.44 bits per heavy atom. The third-order valence-electron chi connectivity index (χ3n) is 2.71. The topological polar surface area (TPSA) is 122 Å². The van der Waals surface area contributed by atoms with Crippen LogP contribution < -0.4 is 11.1 Å². The molecule has 1 heterocycles. The van der Waals surface area contributed by atoms with Gasteiger partial charge in [0, 0.05) is 13.1 Å². The standard InChI is InChI=1S/C10H17N3O5/c1-2-18-10(17)12-7-3-6(8(14)15)4-13(5-7)9(11)16/h6-7H,2-5H2,1H3,(H2,11,16)(H,12,17)(H,14,15). The number of aliphatic carboxylic acids is 1. The number of hydrogen-bond donors (Lipinski definition) is 3. The van der Waals surface area contributed by atoms with E-state index in [0.717, 1.165) is 0 Å². The summed E-state index contributed by atoms with van der Waals surface area (Å²) < 4.78 is 4.70. The van der Waals surface area contributed by atoms with E-state index < -0.39 is 30.1 Å². The lowest BCUT2D eigenvalue weighted by atomic mass is 9.94. The Bertz CT molecular complexity index is 324. The molecule has 0 aromatic carbocycles. The van der Waals surface area contributed by atoms with Crippen molar-refractivity contribution in [1.29, 1.82) is 0 Å². The third-order valence-corrected chi connectivity index (χ3v) is 2.71. The molecule has 3 amide bonds. The molecule has 1 fully saturated rings. The number of nitrogens with one attached hydrogen (secondary N) is 1. The number of carbonyl (C=O) groups is 3. The van der Waals surface area contributed by atoms with Gasteiger partial charge < -0.3 is 25.8 Å². The van der Waals surface area contributed by atoms with Crippen LogP contribution in [0.3, 0.4) is 0 Å². The van der Waals surface area contributed by atoms with Crippen LogP contribution in [-0.4, -0.2) is 53.8 Å². The highest BCUT2D eigenvalue weighted by Crippen LogP contribution is 2.17. The highest BCUT2D eigenvalue weighted by molar-refractivity contribution is 5.76. The van der Waals surface area contributed by atoms with Crippen molar-refractivity contribution < 1.29 is 24.2 Å². The van der Waals surface area contributed by atoms with Gasteiger partial charge in [-0.15, -0.1) is 0 Å². The predicted molar refractivity (Wildman–Crippen MR) is 60.8 cm³/mol. The van der Waals surface area contributed by atoms with Crippen molar-refractivity contribution in [3.63, 3.8) is 0 Å². The van der Waals surface area contributed by atoms with E-state index in [1.54, 1.807) is 6.92 Å². The van der Waals surface area contributed by atoms with E-state index in [-0.39, 0.29) is 26.1 Å². The third kappa shape index (κ3) is 3.79. The first-order valence-corrected chi connectivity index (χ1v) is 5.64. The lowest BCUT2D eigenvalue weighted by Gasteiger charge is -2.35. The number of piperidine rings is 1. The van der Waals surface area contributed by atoms with Crippen molar-refractivity contribution in [2.45, 2.75) is 19.4 Å². The van der Waals surface area contributed by atoms with E-state index >= 15 is 0 Å². The van der Waals surface area contributed by atoms with Crippen molar-refractivity contribution in [2.75, 3.05) is 19.7 Å². The molecule has 102 valence electrons. The van der Waals surface area contributed by atoms with Crippen LogP contribution in [-0.2, 0) is 9.53 Å². The molecule has 0 saturated carbocycles. The maximum atomic E-state index is 11.2. The lowest BCUT2D eigenvalue weighted by Crippen LogP contribution is -2.55. The fourth-order valence-electron chi connectivity index (χ4n) is 1.90. The average molecular weight is 259 g/mol. The molecule has 1 aliphatic heterocycles. The minimum Gasteiger partial charge on any atom is -0.481 e. The van der Waals surface area contributed by atoms with Gasteiger partial charge in [-0.05, 0) is 13.3 Å². The normalized spacial score (nSPS) is 23.3. The quantitative estimate of drug-likeness (QED) is 0.635. The van der Waals surface area contributed by atoms with Crippen LogP contribution >= 0.6 is 0 Å². The number of likely N-dealkylation sites (tertiary alicyclic amines) is 1. The summed E-state index contributed by atoms with van der Waals surface area (Å²) in [4.78, 5) is 34.5. The number of urea groups is 1. The van der Waals surface area contributed by atoms with Crippen LogP contribution in [0.2, 0.25) is 0 Å². The van der Waals surface area contributed by atoms with Gasteiger partial charge in [0.15, 0.2) is 0 Å². The summed E-state index contributed by atoms with van der Waals surface area (Å²) >= 11 is 0. The van der Waals surface area contributed by atoms with Crippen molar-refractivity contribution in [3.05, 3.63) is 0 Å². The molecule has 8 nitrogen and oxygen atoms in total. The zero-order valence-electron chi connectivity index (χ0n) is 10.1. The van der Waals surface area contributed by atoms with Crippen molar-refractivity contribution in [2.24, 2.45) is 11.7 Å². The zero-order chi connectivity index (χ0) is 13.7. The van der Waals surface area contributed by atoms with Gasteiger partial charge in [0.25, 0.3) is 0 Å². The SMILES string of the molecule is CCOC(=O)NC1CC(C(=O)O)CN(C(N)=O)C1. The minimum atomic E-state index is -1.02. The average Bonchev–Trinajstić information content (AvgIpc) is 2.28. The van der Waals surface area contributed by atoms with Crippen LogP contribution in [0.4, 0.5) is 9.59 Å². The van der Waals surface area contributed by atoms with Gasteiger partial charge in [-0.1, -0.05) is 0 Å². The second kappa shape index (κ2) is 6.08. The first kappa shape index (κ1) is 14.1. The number of ether oxygens (including phenoxy) is 1. The van der Waals surface area contributed by atoms with Crippen LogP contribution in [0.1, 0.15) is 13.3 Å². The van der Waals surface area contributed by atoms with Crippen LogP contribution in [0, 0.1) is 5.92 Å². The number of nitrogens with two attached hydrogens (primary N) is 1. The minimum absolute atomic E-state index is 0.0612. The molecular weight excluding hydrogens is 242 g/mol. The van der Waals surface area contributed by atoms with Gasteiger partial charge in [0.05, 0.1) is 18.6 Å². The highest BCUT2D eigenvalue weighted by Gasteiger charge is 2.33. The number of primary amides is 1. The van der Waals surface area contributed by atoms with Gasteiger partial charge in [0.2, 0.25) is 0 Å². The number of carboxylic acids is 1. The maximum Gasteiger partial charge on any atom is 0.407 e. The summed E-state index contributed by atoms with van der Waals surface area (Å²) in [5, 5.41) is 11.5. The van der Waals surface area contributed by atoms with Gasteiger partial charge in [-0.2, -0.15) is 0 Å². The van der Waals surface area contributed by atoms with E-state index in [9.17, 15) is 14.4 Å². The summed E-state index contributed by atoms with van der Waals surface area (Å²) in [5.41, 5.74) is 5.13. The van der Waals surface area contributed by atoms with E-state index in [1.807, 2.05) is 0 Å². The number of amides is 3. The summed E-state index contributed by atoms with van der Waals surface area (Å²) in [6.45, 7) is 2.14. The molecule has 0 aliphatic carbocycles. The molecule has 0 aromatic rings. The maximum absolute atomic E-state index is 11.2. The second-order valence-electron chi connectivity index (χ2n) is 4.08. The largest absolute Gasteiger partial charge is 0.481 e. The Morgan fingerprint density at radius 3 is 2.61 bits per heavy atom. The van der Waals surface area contributed by atoms with Gasteiger partial charge >= 0.3 is 18.1 Å². The van der Waals surface area contributed by atoms with E-state index in [2.05, 4.69) is 5.32 Å². The van der Waals surface area contributed by atoms with Crippen LogP contribution in [0.5, 0.6) is 0 Å². The van der Waals surface area contributed by atoms with Crippen LogP contribution in [0.25, 0.3) is 0 Å². The molecule has 0 bridgehead atoms. The number of hydrogen-bond acceptors (Lipinski definition) is 4. The molecule has 0 radical (unpaired) electrons. The number of nitrogens with zero attached hydrogens (tertiary/aromatic N) is 1. The number of carboxylic acid groups (broad SMARTS) is 1. The lowest BCUT2D eigenvalue weighted by molar-refractivity contribution is -0.143. The van der Waals surface area contributed by atoms with E-state index in [0.29, 0.717) is 0 Å². The molecule has 1 saturated heterocycles. The monoisotopic (exact) mass is 259 g/mol. The predicted octanol–water partition coefficient (Wildman–Crippen LogP) is -0.414. The van der Waals surface area contributed by atoms with Crippen molar-refractivity contribution >= 4 is 18.1 Å².